The average Bonchev–Trinajstić information content (AvgIpc) is 2.40. The van der Waals surface area contributed by atoms with Gasteiger partial charge >= 0.3 is 0 Å². The first-order valence-electron chi connectivity index (χ1n) is 5.85. The highest BCUT2D eigenvalue weighted by atomic mass is 35.5. The summed E-state index contributed by atoms with van der Waals surface area (Å²) in [7, 11) is 0. The zero-order chi connectivity index (χ0) is 13.0. The van der Waals surface area contributed by atoms with Gasteiger partial charge in [0.05, 0.1) is 0 Å². The topological polar surface area (TPSA) is 9.23 Å². The molecule has 18 heavy (non-hydrogen) atoms. The van der Waals surface area contributed by atoms with E-state index in [-0.39, 0.29) is 0 Å². The van der Waals surface area contributed by atoms with Gasteiger partial charge in [0, 0.05) is 15.6 Å². The Labute approximate surface area is 117 Å². The lowest BCUT2D eigenvalue weighted by Crippen LogP contribution is -1.98. The molecule has 1 nitrogen and oxygen atoms in total. The molecular weight excluding hydrogens is 267 g/mol. The van der Waals surface area contributed by atoms with Gasteiger partial charge in [0.1, 0.15) is 12.4 Å². The Kier molecular flexibility index (Phi) is 4.51. The van der Waals surface area contributed by atoms with Crippen LogP contribution < -0.4 is 4.74 Å². The maximum absolute atomic E-state index is 6.10. The van der Waals surface area contributed by atoms with Crippen molar-refractivity contribution in [1.29, 1.82) is 0 Å². The Morgan fingerprint density at radius 3 is 2.56 bits per heavy atom. The van der Waals surface area contributed by atoms with E-state index in [0.29, 0.717) is 16.7 Å². The molecule has 0 aliphatic rings. The van der Waals surface area contributed by atoms with Crippen molar-refractivity contribution in [2.45, 2.75) is 20.0 Å². The van der Waals surface area contributed by atoms with Crippen molar-refractivity contribution < 1.29 is 4.74 Å². The van der Waals surface area contributed by atoms with Crippen LogP contribution in [0.2, 0.25) is 10.0 Å². The van der Waals surface area contributed by atoms with E-state index < -0.39 is 0 Å². The summed E-state index contributed by atoms with van der Waals surface area (Å²) in [5.74, 6) is 0.899. The van der Waals surface area contributed by atoms with Crippen molar-refractivity contribution in [2.24, 2.45) is 0 Å². The lowest BCUT2D eigenvalue weighted by atomic mass is 10.1. The van der Waals surface area contributed by atoms with Crippen molar-refractivity contribution in [3.8, 4) is 5.75 Å². The summed E-state index contributed by atoms with van der Waals surface area (Å²) in [5.41, 5.74) is 2.09. The predicted molar refractivity (Wildman–Crippen MR) is 76.6 cm³/mol. The second-order valence-electron chi connectivity index (χ2n) is 3.99. The molecule has 2 aromatic carbocycles. The Hall–Kier alpha value is -1.18. The fourth-order valence-electron chi connectivity index (χ4n) is 1.75. The van der Waals surface area contributed by atoms with Crippen LogP contribution >= 0.6 is 23.2 Å². The molecule has 2 aromatic rings. The lowest BCUT2D eigenvalue weighted by molar-refractivity contribution is 0.303. The number of aryl methyl sites for hydroxylation is 1. The second-order valence-corrected chi connectivity index (χ2v) is 4.83. The molecule has 94 valence electrons. The first-order valence-corrected chi connectivity index (χ1v) is 6.61. The molecule has 0 unspecified atom stereocenters. The monoisotopic (exact) mass is 280 g/mol. The molecule has 0 aromatic heterocycles. The van der Waals surface area contributed by atoms with Gasteiger partial charge in [0.2, 0.25) is 0 Å². The van der Waals surface area contributed by atoms with Crippen LogP contribution in [-0.4, -0.2) is 0 Å². The van der Waals surface area contributed by atoms with Crippen LogP contribution in [0.1, 0.15) is 18.1 Å². The number of ether oxygens (including phenoxy) is 1. The minimum absolute atomic E-state index is 0.427. The van der Waals surface area contributed by atoms with Gasteiger partial charge in [0.25, 0.3) is 0 Å². The molecule has 0 N–H and O–H groups in total. The highest BCUT2D eigenvalue weighted by Crippen LogP contribution is 2.24. The quantitative estimate of drug-likeness (QED) is 0.754. The van der Waals surface area contributed by atoms with Crippen molar-refractivity contribution in [1.82, 2.24) is 0 Å². The first kappa shape index (κ1) is 13.3. The highest BCUT2D eigenvalue weighted by molar-refractivity contribution is 6.33. The second kappa shape index (κ2) is 6.12. The molecule has 3 heteroatoms. The minimum Gasteiger partial charge on any atom is -0.489 e. The summed E-state index contributed by atoms with van der Waals surface area (Å²) in [6.07, 6.45) is 0.944. The number of hydrogen-bond donors (Lipinski definition) is 0. The Morgan fingerprint density at radius 1 is 1.00 bits per heavy atom. The van der Waals surface area contributed by atoms with Crippen LogP contribution in [0.3, 0.4) is 0 Å². The molecular formula is C15H14Cl2O. The van der Waals surface area contributed by atoms with Gasteiger partial charge < -0.3 is 4.74 Å². The van der Waals surface area contributed by atoms with Gasteiger partial charge in [-0.3, -0.25) is 0 Å². The molecule has 0 aliphatic heterocycles. The fourth-order valence-corrected chi connectivity index (χ4v) is 2.11. The summed E-state index contributed by atoms with van der Waals surface area (Å²) in [5, 5.41) is 1.34. The van der Waals surface area contributed by atoms with Crippen LogP contribution in [0.5, 0.6) is 5.75 Å². The van der Waals surface area contributed by atoms with Crippen molar-refractivity contribution >= 4 is 23.2 Å². The SMILES string of the molecule is CCc1ccccc1OCc1cc(Cl)ccc1Cl. The van der Waals surface area contributed by atoms with Gasteiger partial charge in [-0.2, -0.15) is 0 Å². The third kappa shape index (κ3) is 3.18. The van der Waals surface area contributed by atoms with Crippen LogP contribution in [0, 0.1) is 0 Å². The van der Waals surface area contributed by atoms with Gasteiger partial charge in [-0.15, -0.1) is 0 Å². The Balaban J connectivity index is 2.14. The third-order valence-corrected chi connectivity index (χ3v) is 3.35. The maximum atomic E-state index is 6.10. The molecule has 0 saturated heterocycles. The third-order valence-electron chi connectivity index (χ3n) is 2.74. The molecule has 0 atom stereocenters. The van der Waals surface area contributed by atoms with E-state index in [1.165, 1.54) is 5.56 Å². The number of rotatable bonds is 4. The van der Waals surface area contributed by atoms with E-state index in [4.69, 9.17) is 27.9 Å². The van der Waals surface area contributed by atoms with E-state index in [1.807, 2.05) is 24.3 Å². The van der Waals surface area contributed by atoms with E-state index in [1.54, 1.807) is 12.1 Å². The van der Waals surface area contributed by atoms with Crippen LogP contribution in [-0.2, 0) is 13.0 Å². The molecule has 0 radical (unpaired) electrons. The van der Waals surface area contributed by atoms with Gasteiger partial charge in [-0.1, -0.05) is 48.3 Å². The summed E-state index contributed by atoms with van der Waals surface area (Å²) in [4.78, 5) is 0. The molecule has 0 bridgehead atoms. The number of hydrogen-bond acceptors (Lipinski definition) is 1. The molecule has 0 saturated carbocycles. The highest BCUT2D eigenvalue weighted by Gasteiger charge is 2.05. The van der Waals surface area contributed by atoms with E-state index in [9.17, 15) is 0 Å². The standard InChI is InChI=1S/C15H14Cl2O/c1-2-11-5-3-4-6-15(11)18-10-12-9-13(16)7-8-14(12)17/h3-9H,2,10H2,1H3. The van der Waals surface area contributed by atoms with E-state index in [2.05, 4.69) is 13.0 Å². The van der Waals surface area contributed by atoms with Crippen molar-refractivity contribution in [3.05, 3.63) is 63.6 Å². The van der Waals surface area contributed by atoms with Gasteiger partial charge in [-0.25, -0.2) is 0 Å². The Bertz CT molecular complexity index is 538. The van der Waals surface area contributed by atoms with Crippen molar-refractivity contribution in [3.63, 3.8) is 0 Å². The zero-order valence-corrected chi connectivity index (χ0v) is 11.6. The minimum atomic E-state index is 0.427. The van der Waals surface area contributed by atoms with Crippen LogP contribution in [0.25, 0.3) is 0 Å². The fraction of sp³-hybridized carbons (Fsp3) is 0.200. The summed E-state index contributed by atoms with van der Waals surface area (Å²) < 4.78 is 5.81. The molecule has 0 amide bonds. The normalized spacial score (nSPS) is 10.4. The molecule has 2 rings (SSSR count). The number of halogens is 2. The Morgan fingerprint density at radius 2 is 1.78 bits per heavy atom. The lowest BCUT2D eigenvalue weighted by Gasteiger charge is -2.11. The largest absolute Gasteiger partial charge is 0.489 e. The van der Waals surface area contributed by atoms with E-state index in [0.717, 1.165) is 17.7 Å². The predicted octanol–water partition coefficient (Wildman–Crippen LogP) is 5.13. The average molecular weight is 281 g/mol. The molecule has 0 fully saturated rings. The summed E-state index contributed by atoms with van der Waals surface area (Å²) in [6.45, 7) is 2.53. The van der Waals surface area contributed by atoms with Gasteiger partial charge in [-0.05, 0) is 36.2 Å². The summed E-state index contributed by atoms with van der Waals surface area (Å²) >= 11 is 12.0. The van der Waals surface area contributed by atoms with Crippen molar-refractivity contribution in [2.75, 3.05) is 0 Å². The zero-order valence-electron chi connectivity index (χ0n) is 10.1. The molecule has 0 spiro atoms. The number of benzene rings is 2. The summed E-state index contributed by atoms with van der Waals surface area (Å²) in [6, 6.07) is 13.4. The van der Waals surface area contributed by atoms with Crippen LogP contribution in [0.15, 0.2) is 42.5 Å². The van der Waals surface area contributed by atoms with Crippen LogP contribution in [0.4, 0.5) is 0 Å². The van der Waals surface area contributed by atoms with E-state index >= 15 is 0 Å². The van der Waals surface area contributed by atoms with Gasteiger partial charge in [0.15, 0.2) is 0 Å². The first-order chi connectivity index (χ1) is 8.70. The molecule has 0 aliphatic carbocycles. The number of para-hydroxylation sites is 1. The maximum Gasteiger partial charge on any atom is 0.122 e. The smallest absolute Gasteiger partial charge is 0.122 e. The molecule has 0 heterocycles.